The highest BCUT2D eigenvalue weighted by atomic mass is 16.5. The summed E-state index contributed by atoms with van der Waals surface area (Å²) in [7, 11) is 1.55. The van der Waals surface area contributed by atoms with E-state index in [0.29, 0.717) is 30.3 Å². The van der Waals surface area contributed by atoms with Gasteiger partial charge in [-0.1, -0.05) is 6.92 Å². The average molecular weight is 406 g/mol. The second kappa shape index (κ2) is 9.56. The van der Waals surface area contributed by atoms with Crippen molar-refractivity contribution in [1.29, 1.82) is 0 Å². The van der Waals surface area contributed by atoms with Crippen molar-refractivity contribution in [2.24, 2.45) is 5.92 Å². The predicted octanol–water partition coefficient (Wildman–Crippen LogP) is 0.563. The Morgan fingerprint density at radius 1 is 1.14 bits per heavy atom. The molecule has 2 fully saturated rings. The fourth-order valence-corrected chi connectivity index (χ4v) is 3.76. The molecule has 0 unspecified atom stereocenters. The summed E-state index contributed by atoms with van der Waals surface area (Å²) in [5, 5.41) is 23.3. The summed E-state index contributed by atoms with van der Waals surface area (Å²) in [6, 6.07) is 6.64. The number of aliphatic hydroxyl groups excluding tert-OH is 2. The summed E-state index contributed by atoms with van der Waals surface area (Å²) in [5.41, 5.74) is 0.449. The van der Waals surface area contributed by atoms with E-state index in [1.165, 1.54) is 0 Å². The quantitative estimate of drug-likeness (QED) is 0.637. The van der Waals surface area contributed by atoms with E-state index in [0.717, 1.165) is 12.8 Å². The van der Waals surface area contributed by atoms with Crippen LogP contribution in [0.1, 0.15) is 36.5 Å². The molecule has 29 heavy (non-hydrogen) atoms. The first-order valence-electron chi connectivity index (χ1n) is 10.1. The number of likely N-dealkylation sites (tertiary alicyclic amines) is 1. The van der Waals surface area contributed by atoms with Crippen molar-refractivity contribution in [1.82, 2.24) is 10.2 Å². The Bertz CT molecular complexity index is 702. The van der Waals surface area contributed by atoms with Gasteiger partial charge in [0.05, 0.1) is 19.6 Å². The number of rotatable bonds is 6. The Hall–Kier alpha value is -2.16. The number of hydrogen-bond donors (Lipinski definition) is 3. The predicted molar refractivity (Wildman–Crippen MR) is 106 cm³/mol. The Morgan fingerprint density at radius 3 is 2.38 bits per heavy atom. The fourth-order valence-electron chi connectivity index (χ4n) is 3.76. The van der Waals surface area contributed by atoms with Gasteiger partial charge in [0.25, 0.3) is 5.91 Å². The molecule has 8 heteroatoms. The van der Waals surface area contributed by atoms with Gasteiger partial charge in [0, 0.05) is 25.2 Å². The van der Waals surface area contributed by atoms with Gasteiger partial charge >= 0.3 is 0 Å². The maximum atomic E-state index is 12.5. The van der Waals surface area contributed by atoms with E-state index in [9.17, 15) is 19.8 Å². The number of carbonyl (C=O) groups excluding carboxylic acids is 2. The minimum absolute atomic E-state index is 0.0233. The molecule has 3 rings (SSSR count). The number of aliphatic hydroxyl groups is 2. The lowest BCUT2D eigenvalue weighted by Crippen LogP contribution is -2.41. The van der Waals surface area contributed by atoms with Gasteiger partial charge in [0.1, 0.15) is 24.1 Å². The highest BCUT2D eigenvalue weighted by Crippen LogP contribution is 2.25. The van der Waals surface area contributed by atoms with Crippen molar-refractivity contribution in [3.05, 3.63) is 29.8 Å². The number of hydrogen-bond acceptors (Lipinski definition) is 6. The van der Waals surface area contributed by atoms with E-state index in [-0.39, 0.29) is 24.8 Å². The molecule has 2 amide bonds. The van der Waals surface area contributed by atoms with Crippen LogP contribution in [-0.2, 0) is 9.53 Å². The van der Waals surface area contributed by atoms with Gasteiger partial charge in [0.15, 0.2) is 0 Å². The fraction of sp³-hybridized carbons (Fsp3) is 0.619. The zero-order chi connectivity index (χ0) is 21.0. The Labute approximate surface area is 170 Å². The molecule has 0 bridgehead atoms. The van der Waals surface area contributed by atoms with Gasteiger partial charge < -0.3 is 29.9 Å². The van der Waals surface area contributed by atoms with Crippen LogP contribution in [0.5, 0.6) is 5.75 Å². The van der Waals surface area contributed by atoms with Crippen molar-refractivity contribution in [3.8, 4) is 5.75 Å². The molecule has 1 aromatic carbocycles. The van der Waals surface area contributed by atoms with Crippen LogP contribution >= 0.6 is 0 Å². The molecule has 2 saturated heterocycles. The van der Waals surface area contributed by atoms with E-state index >= 15 is 0 Å². The van der Waals surface area contributed by atoms with Gasteiger partial charge in [-0.3, -0.25) is 9.59 Å². The first kappa shape index (κ1) is 21.5. The summed E-state index contributed by atoms with van der Waals surface area (Å²) in [6.45, 7) is 3.64. The van der Waals surface area contributed by atoms with Crippen LogP contribution in [0, 0.1) is 5.92 Å². The summed E-state index contributed by atoms with van der Waals surface area (Å²) in [4.78, 5) is 26.6. The number of ether oxygens (including phenoxy) is 2. The maximum absolute atomic E-state index is 12.5. The number of piperidine rings is 1. The van der Waals surface area contributed by atoms with Crippen LogP contribution in [-0.4, -0.2) is 78.1 Å². The van der Waals surface area contributed by atoms with Crippen LogP contribution in [0.25, 0.3) is 0 Å². The molecule has 4 atom stereocenters. The highest BCUT2D eigenvalue weighted by Gasteiger charge is 2.44. The third-order valence-corrected chi connectivity index (χ3v) is 5.79. The Morgan fingerprint density at radius 2 is 1.76 bits per heavy atom. The van der Waals surface area contributed by atoms with Crippen molar-refractivity contribution in [2.45, 2.75) is 50.6 Å². The summed E-state index contributed by atoms with van der Waals surface area (Å²) in [5.74, 6) is 0.874. The van der Waals surface area contributed by atoms with E-state index in [1.807, 2.05) is 0 Å². The second-order valence-corrected chi connectivity index (χ2v) is 7.90. The van der Waals surface area contributed by atoms with Gasteiger partial charge in [-0.05, 0) is 43.0 Å². The van der Waals surface area contributed by atoms with Crippen molar-refractivity contribution in [2.75, 3.05) is 26.7 Å². The number of methoxy groups -OCH3 is 1. The van der Waals surface area contributed by atoms with Crippen LogP contribution in [0.3, 0.4) is 0 Å². The summed E-state index contributed by atoms with van der Waals surface area (Å²) < 4.78 is 10.8. The Kier molecular flexibility index (Phi) is 7.10. The van der Waals surface area contributed by atoms with E-state index in [1.54, 1.807) is 36.3 Å². The molecular formula is C21H30N2O6. The first-order valence-corrected chi connectivity index (χ1v) is 10.1. The van der Waals surface area contributed by atoms with E-state index in [2.05, 4.69) is 12.2 Å². The normalized spacial score (nSPS) is 27.7. The molecule has 0 aliphatic carbocycles. The SMILES string of the molecule is COc1ccc(C(=O)NC[C@H]2O[C@@H](CC(=O)N3CCC(C)CC3)[C@H](O)[C@@H]2O)cc1. The molecule has 2 aliphatic rings. The van der Waals surface area contributed by atoms with Gasteiger partial charge in [-0.2, -0.15) is 0 Å². The molecule has 0 radical (unpaired) electrons. The molecule has 0 saturated carbocycles. The van der Waals surface area contributed by atoms with Gasteiger partial charge in [-0.15, -0.1) is 0 Å². The molecule has 2 aliphatic heterocycles. The molecule has 2 heterocycles. The number of amides is 2. The third-order valence-electron chi connectivity index (χ3n) is 5.79. The maximum Gasteiger partial charge on any atom is 0.251 e. The Balaban J connectivity index is 1.49. The molecule has 3 N–H and O–H groups in total. The highest BCUT2D eigenvalue weighted by molar-refractivity contribution is 5.94. The standard InChI is InChI=1S/C21H30N2O6/c1-13-7-9-23(10-8-13)18(24)11-16-19(25)20(26)17(29-16)12-22-21(27)14-3-5-15(28-2)6-4-14/h3-6,13,16-17,19-20,25-26H,7-12H2,1-2H3,(H,22,27)/t16-,17+,19-,20+/m0/s1. The lowest BCUT2D eigenvalue weighted by atomic mass is 9.98. The number of nitrogens with zero attached hydrogens (tertiary/aromatic N) is 1. The summed E-state index contributed by atoms with van der Waals surface area (Å²) >= 11 is 0. The molecule has 0 aromatic heterocycles. The second-order valence-electron chi connectivity index (χ2n) is 7.90. The lowest BCUT2D eigenvalue weighted by molar-refractivity contribution is -0.136. The monoisotopic (exact) mass is 406 g/mol. The largest absolute Gasteiger partial charge is 0.497 e. The topological polar surface area (TPSA) is 108 Å². The number of benzene rings is 1. The minimum Gasteiger partial charge on any atom is -0.497 e. The zero-order valence-corrected chi connectivity index (χ0v) is 16.9. The third kappa shape index (κ3) is 5.26. The summed E-state index contributed by atoms with van der Waals surface area (Å²) in [6.07, 6.45) is -1.90. The molecular weight excluding hydrogens is 376 g/mol. The van der Waals surface area contributed by atoms with Gasteiger partial charge in [0.2, 0.25) is 5.91 Å². The smallest absolute Gasteiger partial charge is 0.251 e. The minimum atomic E-state index is -1.16. The average Bonchev–Trinajstić information content (AvgIpc) is 3.00. The van der Waals surface area contributed by atoms with Crippen LogP contribution in [0.15, 0.2) is 24.3 Å². The van der Waals surface area contributed by atoms with Crippen molar-refractivity contribution < 1.29 is 29.3 Å². The number of carbonyl (C=O) groups is 2. The van der Waals surface area contributed by atoms with E-state index < -0.39 is 24.4 Å². The van der Waals surface area contributed by atoms with Crippen molar-refractivity contribution >= 4 is 11.8 Å². The zero-order valence-electron chi connectivity index (χ0n) is 16.9. The molecule has 8 nitrogen and oxygen atoms in total. The lowest BCUT2D eigenvalue weighted by Gasteiger charge is -2.31. The molecule has 0 spiro atoms. The van der Waals surface area contributed by atoms with Crippen LogP contribution in [0.4, 0.5) is 0 Å². The molecule has 1 aromatic rings. The number of nitrogens with one attached hydrogen (secondary N) is 1. The molecule has 160 valence electrons. The van der Waals surface area contributed by atoms with Crippen molar-refractivity contribution in [3.63, 3.8) is 0 Å². The van der Waals surface area contributed by atoms with Crippen LogP contribution in [0.2, 0.25) is 0 Å². The van der Waals surface area contributed by atoms with E-state index in [4.69, 9.17) is 9.47 Å². The first-order chi connectivity index (χ1) is 13.9. The van der Waals surface area contributed by atoms with Crippen LogP contribution < -0.4 is 10.1 Å². The van der Waals surface area contributed by atoms with Gasteiger partial charge in [-0.25, -0.2) is 0 Å².